The lowest BCUT2D eigenvalue weighted by Gasteiger charge is -2.22. The van der Waals surface area contributed by atoms with E-state index in [4.69, 9.17) is 9.72 Å². The molecule has 9 nitrogen and oxygen atoms in total. The van der Waals surface area contributed by atoms with Gasteiger partial charge in [-0.15, -0.1) is 0 Å². The summed E-state index contributed by atoms with van der Waals surface area (Å²) >= 11 is 0. The molecule has 2 N–H and O–H groups in total. The molecule has 0 spiro atoms. The van der Waals surface area contributed by atoms with Crippen LogP contribution in [0.1, 0.15) is 36.5 Å². The molecule has 6 rings (SSSR count). The molecule has 0 amide bonds. The van der Waals surface area contributed by atoms with E-state index in [1.807, 2.05) is 37.3 Å². The maximum atomic E-state index is 13.8. The number of fused-ring (bicyclic) bond motifs is 1. The smallest absolute Gasteiger partial charge is 0.268 e. The van der Waals surface area contributed by atoms with E-state index in [1.54, 1.807) is 23.0 Å². The predicted octanol–water partition coefficient (Wildman–Crippen LogP) is 4.93. The standard InChI is InChI=1S/C34H33N7O2/c1-2-43-17-14-27-19-28-21-37-34(39-30-10-8-24(9-11-30)18-25-12-15-35-16-13-25)40-32(28)41(33(27)42)22-29-20-36-23-38-31(29)26-6-4-3-5-7-26/h3-11,19-21,23,25,35H,2,12-13,15-16,18,22H2,1H3,(H,37,39,40). The van der Waals surface area contributed by atoms with Gasteiger partial charge in [0.05, 0.1) is 24.4 Å². The van der Waals surface area contributed by atoms with Crippen LogP contribution in [0.2, 0.25) is 0 Å². The molecular weight excluding hydrogens is 538 g/mol. The largest absolute Gasteiger partial charge is 0.447 e. The third-order valence-electron chi connectivity index (χ3n) is 7.59. The van der Waals surface area contributed by atoms with Crippen molar-refractivity contribution in [2.24, 2.45) is 5.92 Å². The van der Waals surface area contributed by atoms with Crippen molar-refractivity contribution in [1.29, 1.82) is 0 Å². The van der Waals surface area contributed by atoms with Gasteiger partial charge >= 0.3 is 0 Å². The lowest BCUT2D eigenvalue weighted by atomic mass is 9.91. The van der Waals surface area contributed by atoms with E-state index in [0.717, 1.165) is 47.9 Å². The van der Waals surface area contributed by atoms with E-state index in [9.17, 15) is 4.79 Å². The van der Waals surface area contributed by atoms with Gasteiger partial charge in [-0.3, -0.25) is 9.36 Å². The van der Waals surface area contributed by atoms with Gasteiger partial charge in [0.25, 0.3) is 5.56 Å². The topological polar surface area (TPSA) is 107 Å². The molecule has 2 aromatic carbocycles. The van der Waals surface area contributed by atoms with Crippen molar-refractivity contribution < 1.29 is 4.74 Å². The maximum Gasteiger partial charge on any atom is 0.268 e. The molecule has 0 radical (unpaired) electrons. The van der Waals surface area contributed by atoms with Gasteiger partial charge in [-0.25, -0.2) is 15.0 Å². The Labute approximate surface area is 250 Å². The number of nitrogens with one attached hydrogen (secondary N) is 2. The molecule has 0 atom stereocenters. The summed E-state index contributed by atoms with van der Waals surface area (Å²) < 4.78 is 6.81. The number of anilines is 2. The van der Waals surface area contributed by atoms with Crippen molar-refractivity contribution in [3.63, 3.8) is 0 Å². The van der Waals surface area contributed by atoms with Crippen LogP contribution in [0.25, 0.3) is 22.3 Å². The van der Waals surface area contributed by atoms with Crippen molar-refractivity contribution in [3.8, 4) is 23.3 Å². The van der Waals surface area contributed by atoms with E-state index in [1.165, 1.54) is 24.7 Å². The van der Waals surface area contributed by atoms with E-state index in [2.05, 4.69) is 61.9 Å². The van der Waals surface area contributed by atoms with Crippen LogP contribution >= 0.6 is 0 Å². The average Bonchev–Trinajstić information content (AvgIpc) is 3.05. The molecule has 0 saturated carbocycles. The van der Waals surface area contributed by atoms with E-state index >= 15 is 0 Å². The van der Waals surface area contributed by atoms with Gasteiger partial charge < -0.3 is 15.4 Å². The fourth-order valence-electron chi connectivity index (χ4n) is 5.39. The number of aromatic nitrogens is 5. The Morgan fingerprint density at radius 2 is 1.86 bits per heavy atom. The van der Waals surface area contributed by atoms with Crippen LogP contribution in [0.4, 0.5) is 11.6 Å². The zero-order valence-corrected chi connectivity index (χ0v) is 24.1. The van der Waals surface area contributed by atoms with Crippen molar-refractivity contribution in [3.05, 3.63) is 106 Å². The Balaban J connectivity index is 1.34. The first-order chi connectivity index (χ1) is 21.2. The van der Waals surface area contributed by atoms with Crippen LogP contribution in [0.15, 0.2) is 84.2 Å². The van der Waals surface area contributed by atoms with Gasteiger partial charge in [-0.05, 0) is 74.9 Å². The second-order valence-corrected chi connectivity index (χ2v) is 10.6. The number of hydrogen-bond donors (Lipinski definition) is 2. The van der Waals surface area contributed by atoms with E-state index < -0.39 is 0 Å². The molecular formula is C34H33N7O2. The number of piperidine rings is 1. The van der Waals surface area contributed by atoms with Crippen LogP contribution in [0.5, 0.6) is 0 Å². The normalized spacial score (nSPS) is 13.3. The number of benzene rings is 2. The molecule has 0 unspecified atom stereocenters. The number of ether oxygens (including phenoxy) is 1. The zero-order chi connectivity index (χ0) is 29.4. The first-order valence-corrected chi connectivity index (χ1v) is 14.6. The summed E-state index contributed by atoms with van der Waals surface area (Å²) in [4.78, 5) is 31.9. The zero-order valence-electron chi connectivity index (χ0n) is 24.1. The molecule has 1 saturated heterocycles. The molecule has 0 bridgehead atoms. The minimum absolute atomic E-state index is 0.201. The summed E-state index contributed by atoms with van der Waals surface area (Å²) in [7, 11) is 0. The monoisotopic (exact) mass is 571 g/mol. The lowest BCUT2D eigenvalue weighted by molar-refractivity contribution is 0.299. The minimum atomic E-state index is -0.283. The fraction of sp³-hybridized carbons (Fsp3) is 0.265. The third-order valence-corrected chi connectivity index (χ3v) is 7.59. The molecule has 1 aliphatic rings. The summed E-state index contributed by atoms with van der Waals surface area (Å²) in [5.74, 6) is 3.97. The van der Waals surface area contributed by atoms with Crippen molar-refractivity contribution >= 4 is 22.7 Å². The minimum Gasteiger partial charge on any atom is -0.447 e. The second kappa shape index (κ2) is 13.3. The van der Waals surface area contributed by atoms with Crippen molar-refractivity contribution in [2.45, 2.75) is 32.7 Å². The van der Waals surface area contributed by atoms with Gasteiger partial charge in [0.1, 0.15) is 18.1 Å². The Hall–Kier alpha value is -5.07. The Bertz CT molecular complexity index is 1820. The molecule has 1 aliphatic heterocycles. The first-order valence-electron chi connectivity index (χ1n) is 14.6. The fourth-order valence-corrected chi connectivity index (χ4v) is 5.39. The van der Waals surface area contributed by atoms with Gasteiger partial charge in [0.15, 0.2) is 0 Å². The van der Waals surface area contributed by atoms with Crippen molar-refractivity contribution in [1.82, 2.24) is 29.8 Å². The van der Waals surface area contributed by atoms with Crippen LogP contribution < -0.4 is 16.2 Å². The quantitative estimate of drug-likeness (QED) is 0.253. The van der Waals surface area contributed by atoms with Gasteiger partial charge in [0.2, 0.25) is 5.95 Å². The number of pyridine rings is 1. The van der Waals surface area contributed by atoms with Crippen LogP contribution in [0, 0.1) is 17.9 Å². The van der Waals surface area contributed by atoms with Gasteiger partial charge in [-0.1, -0.05) is 42.5 Å². The summed E-state index contributed by atoms with van der Waals surface area (Å²) in [5.41, 5.74) is 5.17. The summed E-state index contributed by atoms with van der Waals surface area (Å²) in [5, 5.41) is 7.42. The lowest BCUT2D eigenvalue weighted by Crippen LogP contribution is -2.28. The maximum absolute atomic E-state index is 13.8. The Kier molecular flexibility index (Phi) is 8.66. The Morgan fingerprint density at radius 3 is 2.65 bits per heavy atom. The molecule has 43 heavy (non-hydrogen) atoms. The molecule has 3 aromatic heterocycles. The van der Waals surface area contributed by atoms with Crippen LogP contribution in [-0.2, 0) is 17.7 Å². The molecule has 9 heteroatoms. The molecule has 4 heterocycles. The second-order valence-electron chi connectivity index (χ2n) is 10.6. The highest BCUT2D eigenvalue weighted by molar-refractivity contribution is 5.78. The molecule has 216 valence electrons. The highest BCUT2D eigenvalue weighted by Crippen LogP contribution is 2.24. The highest BCUT2D eigenvalue weighted by Gasteiger charge is 2.16. The van der Waals surface area contributed by atoms with Gasteiger partial charge in [-0.2, -0.15) is 4.98 Å². The third kappa shape index (κ3) is 6.71. The number of hydrogen-bond acceptors (Lipinski definition) is 8. The Morgan fingerprint density at radius 1 is 1.05 bits per heavy atom. The summed E-state index contributed by atoms with van der Waals surface area (Å²) in [6.45, 7) is 4.67. The average molecular weight is 572 g/mol. The molecule has 0 aliphatic carbocycles. The number of rotatable bonds is 8. The van der Waals surface area contributed by atoms with E-state index in [0.29, 0.717) is 29.2 Å². The van der Waals surface area contributed by atoms with E-state index in [-0.39, 0.29) is 12.1 Å². The van der Waals surface area contributed by atoms with Crippen LogP contribution in [0.3, 0.4) is 0 Å². The summed E-state index contributed by atoms with van der Waals surface area (Å²) in [6, 6.07) is 20.0. The number of nitrogens with zero attached hydrogens (tertiary/aromatic N) is 5. The van der Waals surface area contributed by atoms with Crippen LogP contribution in [-0.4, -0.2) is 44.2 Å². The highest BCUT2D eigenvalue weighted by atomic mass is 16.5. The first kappa shape index (κ1) is 28.1. The van der Waals surface area contributed by atoms with Gasteiger partial charge in [0, 0.05) is 34.6 Å². The molecule has 1 fully saturated rings. The SMILES string of the molecule is CCOC#Cc1cc2cnc(Nc3ccc(CC4CCNCC4)cc3)nc2n(Cc2cncnc2-c2ccccc2)c1=O. The summed E-state index contributed by atoms with van der Waals surface area (Å²) in [6.07, 6.45) is 11.1. The molecule has 5 aromatic rings. The predicted molar refractivity (Wildman–Crippen MR) is 168 cm³/mol. The van der Waals surface area contributed by atoms with Crippen molar-refractivity contribution in [2.75, 3.05) is 25.0 Å².